The highest BCUT2D eigenvalue weighted by Crippen LogP contribution is 2.30. The molecule has 0 radical (unpaired) electrons. The zero-order chi connectivity index (χ0) is 18.3. The first-order valence-corrected chi connectivity index (χ1v) is 9.62. The largest absolute Gasteiger partial charge is 0.350 e. The van der Waals surface area contributed by atoms with Crippen LogP contribution in [0, 0.1) is 0 Å². The second kappa shape index (κ2) is 8.73. The van der Waals surface area contributed by atoms with Gasteiger partial charge in [-0.1, -0.05) is 42.8 Å². The van der Waals surface area contributed by atoms with Gasteiger partial charge in [-0.15, -0.1) is 0 Å². The Kier molecular flexibility index (Phi) is 5.70. The van der Waals surface area contributed by atoms with Crippen molar-refractivity contribution in [3.63, 3.8) is 0 Å². The summed E-state index contributed by atoms with van der Waals surface area (Å²) in [5.74, 6) is 0.669. The number of hydrogen-bond acceptors (Lipinski definition) is 5. The van der Waals surface area contributed by atoms with Crippen molar-refractivity contribution in [3.8, 4) is 0 Å². The van der Waals surface area contributed by atoms with E-state index in [1.165, 1.54) is 24.1 Å². The summed E-state index contributed by atoms with van der Waals surface area (Å²) in [6.45, 7) is 2.68. The Labute approximate surface area is 160 Å². The highest BCUT2D eigenvalue weighted by Gasteiger charge is 2.24. The van der Waals surface area contributed by atoms with E-state index in [9.17, 15) is 0 Å². The zero-order valence-electron chi connectivity index (χ0n) is 15.5. The first kappa shape index (κ1) is 17.6. The van der Waals surface area contributed by atoms with Crippen molar-refractivity contribution >= 4 is 5.95 Å². The maximum atomic E-state index is 4.58. The van der Waals surface area contributed by atoms with Gasteiger partial charge >= 0.3 is 0 Å². The van der Waals surface area contributed by atoms with Crippen molar-refractivity contribution in [3.05, 3.63) is 83.9 Å². The molecule has 0 bridgehead atoms. The second-order valence-corrected chi connectivity index (χ2v) is 6.99. The number of piperidine rings is 1. The fourth-order valence-corrected chi connectivity index (χ4v) is 3.63. The highest BCUT2D eigenvalue weighted by atomic mass is 15.2. The van der Waals surface area contributed by atoms with E-state index >= 15 is 0 Å². The molecule has 1 aliphatic rings. The maximum Gasteiger partial charge on any atom is 0.222 e. The summed E-state index contributed by atoms with van der Waals surface area (Å²) in [4.78, 5) is 16.1. The van der Waals surface area contributed by atoms with Gasteiger partial charge in [0.2, 0.25) is 5.95 Å². The normalized spacial score (nSPS) is 17.6. The van der Waals surface area contributed by atoms with Crippen LogP contribution in [0.15, 0.2) is 67.1 Å². The van der Waals surface area contributed by atoms with Gasteiger partial charge < -0.3 is 5.32 Å². The Morgan fingerprint density at radius 2 is 1.70 bits per heavy atom. The van der Waals surface area contributed by atoms with Gasteiger partial charge in [-0.3, -0.25) is 9.88 Å². The number of nitrogens with zero attached hydrogens (tertiary/aromatic N) is 4. The lowest BCUT2D eigenvalue weighted by Crippen LogP contribution is -2.33. The number of likely N-dealkylation sites (tertiary alicyclic amines) is 1. The van der Waals surface area contributed by atoms with E-state index in [1.54, 1.807) is 0 Å². The van der Waals surface area contributed by atoms with Gasteiger partial charge in [0, 0.05) is 37.2 Å². The van der Waals surface area contributed by atoms with Crippen LogP contribution in [0.3, 0.4) is 0 Å². The molecular formula is C22H25N5. The lowest BCUT2D eigenvalue weighted by atomic mass is 9.98. The van der Waals surface area contributed by atoms with Crippen LogP contribution in [-0.4, -0.2) is 26.4 Å². The summed E-state index contributed by atoms with van der Waals surface area (Å²) in [6, 6.07) is 16.9. The summed E-state index contributed by atoms with van der Waals surface area (Å²) >= 11 is 0. The summed E-state index contributed by atoms with van der Waals surface area (Å²) < 4.78 is 0. The number of anilines is 1. The summed E-state index contributed by atoms with van der Waals surface area (Å²) in [6.07, 6.45) is 9.42. The topological polar surface area (TPSA) is 53.9 Å². The molecule has 27 heavy (non-hydrogen) atoms. The van der Waals surface area contributed by atoms with Gasteiger partial charge in [0.05, 0.1) is 11.7 Å². The van der Waals surface area contributed by atoms with Crippen LogP contribution in [0.1, 0.15) is 42.1 Å². The van der Waals surface area contributed by atoms with Gasteiger partial charge in [-0.2, -0.15) is 0 Å². The number of pyridine rings is 1. The third-order valence-corrected chi connectivity index (χ3v) is 5.03. The number of aromatic nitrogens is 3. The molecule has 0 aliphatic carbocycles. The number of hydrogen-bond donors (Lipinski definition) is 1. The molecule has 5 heteroatoms. The average Bonchev–Trinajstić information content (AvgIpc) is 2.75. The molecule has 2 aromatic heterocycles. The molecule has 0 spiro atoms. The van der Waals surface area contributed by atoms with Crippen molar-refractivity contribution < 1.29 is 0 Å². The molecule has 1 unspecified atom stereocenters. The fraction of sp³-hybridized carbons (Fsp3) is 0.318. The second-order valence-electron chi connectivity index (χ2n) is 6.99. The number of benzene rings is 1. The SMILES string of the molecule is c1ccc(CNc2ncc(CN3CCCCC3c3ccccn3)cn2)cc1. The van der Waals surface area contributed by atoms with E-state index < -0.39 is 0 Å². The fourth-order valence-electron chi connectivity index (χ4n) is 3.63. The van der Waals surface area contributed by atoms with Gasteiger partial charge in [-0.25, -0.2) is 9.97 Å². The molecule has 4 rings (SSSR count). The van der Waals surface area contributed by atoms with E-state index in [0.717, 1.165) is 31.6 Å². The molecule has 5 nitrogen and oxygen atoms in total. The Hall–Kier alpha value is -2.79. The van der Waals surface area contributed by atoms with Crippen LogP contribution in [0.4, 0.5) is 5.95 Å². The van der Waals surface area contributed by atoms with E-state index in [2.05, 4.69) is 49.4 Å². The first-order valence-electron chi connectivity index (χ1n) is 9.62. The van der Waals surface area contributed by atoms with Crippen LogP contribution in [-0.2, 0) is 13.1 Å². The van der Waals surface area contributed by atoms with Crippen LogP contribution in [0.2, 0.25) is 0 Å². The third kappa shape index (κ3) is 4.68. The quantitative estimate of drug-likeness (QED) is 0.714. The lowest BCUT2D eigenvalue weighted by Gasteiger charge is -2.35. The molecular weight excluding hydrogens is 334 g/mol. The van der Waals surface area contributed by atoms with E-state index in [-0.39, 0.29) is 0 Å². The summed E-state index contributed by atoms with van der Waals surface area (Å²) in [5.41, 5.74) is 3.53. The van der Waals surface area contributed by atoms with Crippen LogP contribution >= 0.6 is 0 Å². The standard InChI is InChI=1S/C22H25N5/c1-2-8-18(9-3-1)14-24-22-25-15-19(16-26-22)17-27-13-7-5-11-21(27)20-10-4-6-12-23-20/h1-4,6,8-10,12,15-16,21H,5,7,11,13-14,17H2,(H,24,25,26). The molecule has 0 amide bonds. The molecule has 1 aliphatic heterocycles. The summed E-state index contributed by atoms with van der Waals surface area (Å²) in [7, 11) is 0. The third-order valence-electron chi connectivity index (χ3n) is 5.03. The maximum absolute atomic E-state index is 4.58. The molecule has 1 fully saturated rings. The van der Waals surface area contributed by atoms with Gasteiger partial charge in [-0.05, 0) is 37.1 Å². The zero-order valence-corrected chi connectivity index (χ0v) is 15.5. The van der Waals surface area contributed by atoms with Crippen molar-refractivity contribution in [2.24, 2.45) is 0 Å². The Morgan fingerprint density at radius 1 is 0.889 bits per heavy atom. The molecule has 3 aromatic rings. The predicted molar refractivity (Wildman–Crippen MR) is 107 cm³/mol. The van der Waals surface area contributed by atoms with Crippen LogP contribution in [0.5, 0.6) is 0 Å². The smallest absolute Gasteiger partial charge is 0.222 e. The molecule has 138 valence electrons. The van der Waals surface area contributed by atoms with E-state index in [1.807, 2.05) is 42.9 Å². The minimum absolute atomic E-state index is 0.385. The molecule has 1 saturated heterocycles. The van der Waals surface area contributed by atoms with E-state index in [4.69, 9.17) is 0 Å². The monoisotopic (exact) mass is 359 g/mol. The van der Waals surface area contributed by atoms with Gasteiger partial charge in [0.25, 0.3) is 0 Å². The van der Waals surface area contributed by atoms with Crippen molar-refractivity contribution in [2.45, 2.75) is 38.4 Å². The minimum Gasteiger partial charge on any atom is -0.350 e. The molecule has 0 saturated carbocycles. The van der Waals surface area contributed by atoms with Crippen LogP contribution < -0.4 is 5.32 Å². The van der Waals surface area contributed by atoms with Crippen molar-refractivity contribution in [1.29, 1.82) is 0 Å². The van der Waals surface area contributed by atoms with Gasteiger partial charge in [0.1, 0.15) is 0 Å². The lowest BCUT2D eigenvalue weighted by molar-refractivity contribution is 0.137. The first-order chi connectivity index (χ1) is 13.4. The average molecular weight is 359 g/mol. The Bertz CT molecular complexity index is 820. The molecule has 1 atom stereocenters. The van der Waals surface area contributed by atoms with Crippen molar-refractivity contribution in [2.75, 3.05) is 11.9 Å². The molecule has 1 N–H and O–H groups in total. The summed E-state index contributed by atoms with van der Waals surface area (Å²) in [5, 5.41) is 3.28. The van der Waals surface area contributed by atoms with Crippen LogP contribution in [0.25, 0.3) is 0 Å². The number of nitrogens with one attached hydrogen (secondary N) is 1. The van der Waals surface area contributed by atoms with E-state index in [0.29, 0.717) is 12.0 Å². The predicted octanol–water partition coefficient (Wildman–Crippen LogP) is 4.21. The Balaban J connectivity index is 1.38. The molecule has 3 heterocycles. The highest BCUT2D eigenvalue weighted by molar-refractivity contribution is 5.28. The molecule has 1 aromatic carbocycles. The van der Waals surface area contributed by atoms with Gasteiger partial charge in [0.15, 0.2) is 0 Å². The number of rotatable bonds is 6. The minimum atomic E-state index is 0.385. The Morgan fingerprint density at radius 3 is 2.48 bits per heavy atom. The van der Waals surface area contributed by atoms with Crippen molar-refractivity contribution in [1.82, 2.24) is 19.9 Å².